The van der Waals surface area contributed by atoms with Crippen LogP contribution in [0.2, 0.25) is 0 Å². The molecule has 146 valence electrons. The molecule has 1 aliphatic heterocycles. The fraction of sp³-hybridized carbons (Fsp3) is 0.389. The summed E-state index contributed by atoms with van der Waals surface area (Å²) < 4.78 is 39.4. The zero-order valence-electron chi connectivity index (χ0n) is 14.8. The molecule has 1 amide bonds. The number of rotatable bonds is 7. The standard InChI is InChI=1S/C18H22FN3O3S2/c19-15-3-5-16(6-4-15)21-8-10-22(11-9-21)27(24,25)13-7-20-18(23)14-17-2-1-12-26-17/h1-6,12H,7-11,13-14H2,(H,20,23). The molecule has 0 spiro atoms. The van der Waals surface area contributed by atoms with Crippen LogP contribution >= 0.6 is 11.3 Å². The summed E-state index contributed by atoms with van der Waals surface area (Å²) in [7, 11) is -3.42. The second kappa shape index (κ2) is 8.81. The van der Waals surface area contributed by atoms with E-state index in [0.29, 0.717) is 26.2 Å². The summed E-state index contributed by atoms with van der Waals surface area (Å²) in [4.78, 5) is 14.8. The van der Waals surface area contributed by atoms with Crippen LogP contribution in [0.25, 0.3) is 0 Å². The lowest BCUT2D eigenvalue weighted by Crippen LogP contribution is -2.50. The van der Waals surface area contributed by atoms with E-state index in [4.69, 9.17) is 0 Å². The molecule has 0 bridgehead atoms. The summed E-state index contributed by atoms with van der Waals surface area (Å²) in [5, 5.41) is 4.57. The van der Waals surface area contributed by atoms with Crippen molar-refractivity contribution in [1.29, 1.82) is 0 Å². The molecule has 27 heavy (non-hydrogen) atoms. The Morgan fingerprint density at radius 1 is 1.11 bits per heavy atom. The van der Waals surface area contributed by atoms with Gasteiger partial charge in [0, 0.05) is 43.3 Å². The molecule has 1 aromatic carbocycles. The first-order valence-electron chi connectivity index (χ1n) is 8.71. The number of amides is 1. The van der Waals surface area contributed by atoms with E-state index in [9.17, 15) is 17.6 Å². The molecule has 1 aliphatic rings. The van der Waals surface area contributed by atoms with Crippen LogP contribution in [-0.2, 0) is 21.2 Å². The number of anilines is 1. The number of piperazine rings is 1. The number of carbonyl (C=O) groups is 1. The predicted octanol–water partition coefficient (Wildman–Crippen LogP) is 1.70. The number of nitrogens with one attached hydrogen (secondary N) is 1. The van der Waals surface area contributed by atoms with Crippen molar-refractivity contribution < 1.29 is 17.6 Å². The molecule has 6 nitrogen and oxygen atoms in total. The molecule has 3 rings (SSSR count). The quantitative estimate of drug-likeness (QED) is 0.753. The highest BCUT2D eigenvalue weighted by Crippen LogP contribution is 2.18. The van der Waals surface area contributed by atoms with E-state index in [-0.39, 0.29) is 30.4 Å². The largest absolute Gasteiger partial charge is 0.369 e. The highest BCUT2D eigenvalue weighted by molar-refractivity contribution is 7.89. The van der Waals surface area contributed by atoms with Gasteiger partial charge in [-0.25, -0.2) is 12.8 Å². The number of carbonyl (C=O) groups excluding carboxylic acids is 1. The summed E-state index contributed by atoms with van der Waals surface area (Å²) in [6.07, 6.45) is 0.272. The summed E-state index contributed by atoms with van der Waals surface area (Å²) in [6, 6.07) is 9.95. The van der Waals surface area contributed by atoms with E-state index >= 15 is 0 Å². The summed E-state index contributed by atoms with van der Waals surface area (Å²) in [5.74, 6) is -0.574. The third-order valence-corrected chi connectivity index (χ3v) is 7.17. The Morgan fingerprint density at radius 3 is 2.44 bits per heavy atom. The Balaban J connectivity index is 1.44. The Labute approximate surface area is 162 Å². The van der Waals surface area contributed by atoms with E-state index < -0.39 is 10.0 Å². The van der Waals surface area contributed by atoms with Crippen LogP contribution in [0, 0.1) is 5.82 Å². The van der Waals surface area contributed by atoms with Crippen molar-refractivity contribution in [3.8, 4) is 0 Å². The number of hydrogen-bond acceptors (Lipinski definition) is 5. The highest BCUT2D eigenvalue weighted by Gasteiger charge is 2.26. The maximum absolute atomic E-state index is 13.0. The van der Waals surface area contributed by atoms with Gasteiger partial charge >= 0.3 is 0 Å². The third-order valence-electron chi connectivity index (χ3n) is 4.42. The fourth-order valence-corrected chi connectivity index (χ4v) is 5.00. The van der Waals surface area contributed by atoms with Crippen molar-refractivity contribution in [1.82, 2.24) is 9.62 Å². The number of nitrogens with zero attached hydrogens (tertiary/aromatic N) is 2. The molecule has 2 heterocycles. The van der Waals surface area contributed by atoms with Gasteiger partial charge in [-0.1, -0.05) is 6.07 Å². The number of halogens is 1. The van der Waals surface area contributed by atoms with Crippen molar-refractivity contribution in [2.24, 2.45) is 0 Å². The molecule has 1 fully saturated rings. The van der Waals surface area contributed by atoms with Gasteiger partial charge < -0.3 is 10.2 Å². The monoisotopic (exact) mass is 411 g/mol. The summed E-state index contributed by atoms with van der Waals surface area (Å²) in [6.45, 7) is 1.96. The Morgan fingerprint density at radius 2 is 1.81 bits per heavy atom. The van der Waals surface area contributed by atoms with Crippen molar-refractivity contribution in [3.63, 3.8) is 0 Å². The van der Waals surface area contributed by atoms with E-state index in [0.717, 1.165) is 10.6 Å². The molecule has 2 aromatic rings. The van der Waals surface area contributed by atoms with Crippen molar-refractivity contribution in [2.45, 2.75) is 6.42 Å². The maximum atomic E-state index is 13.0. The molecular formula is C18H22FN3O3S2. The molecule has 0 radical (unpaired) electrons. The van der Waals surface area contributed by atoms with Gasteiger partial charge in [0.15, 0.2) is 0 Å². The van der Waals surface area contributed by atoms with Gasteiger partial charge in [-0.2, -0.15) is 4.31 Å². The smallest absolute Gasteiger partial charge is 0.225 e. The normalized spacial score (nSPS) is 15.7. The third kappa shape index (κ3) is 5.50. The Bertz CT molecular complexity index is 846. The van der Waals surface area contributed by atoms with E-state index in [1.54, 1.807) is 12.1 Å². The Kier molecular flexibility index (Phi) is 6.46. The number of benzene rings is 1. The van der Waals surface area contributed by atoms with Crippen molar-refractivity contribution >= 4 is 33.0 Å². The van der Waals surface area contributed by atoms with Gasteiger partial charge in [0.2, 0.25) is 15.9 Å². The molecule has 1 N–H and O–H groups in total. The maximum Gasteiger partial charge on any atom is 0.225 e. The minimum absolute atomic E-state index is 0.102. The zero-order valence-corrected chi connectivity index (χ0v) is 16.4. The SMILES string of the molecule is O=C(Cc1cccs1)NCCS(=O)(=O)N1CCN(c2ccc(F)cc2)CC1. The van der Waals surface area contributed by atoms with Crippen LogP contribution in [0.1, 0.15) is 4.88 Å². The van der Waals surface area contributed by atoms with Crippen molar-refractivity contribution in [2.75, 3.05) is 43.4 Å². The molecular weight excluding hydrogens is 389 g/mol. The van der Waals surface area contributed by atoms with Crippen LogP contribution in [0.3, 0.4) is 0 Å². The first-order chi connectivity index (χ1) is 12.9. The van der Waals surface area contributed by atoms with Crippen molar-refractivity contribution in [3.05, 3.63) is 52.5 Å². The summed E-state index contributed by atoms with van der Waals surface area (Å²) in [5.41, 5.74) is 0.884. The summed E-state index contributed by atoms with van der Waals surface area (Å²) >= 11 is 1.50. The van der Waals surface area contributed by atoms with E-state index in [1.165, 1.54) is 27.8 Å². The molecule has 0 atom stereocenters. The number of sulfonamides is 1. The number of thiophene rings is 1. The highest BCUT2D eigenvalue weighted by atomic mass is 32.2. The Hall–Kier alpha value is -1.97. The van der Waals surface area contributed by atoms with Crippen LogP contribution < -0.4 is 10.2 Å². The fourth-order valence-electron chi connectivity index (χ4n) is 2.96. The van der Waals surface area contributed by atoms with Gasteiger partial charge in [0.05, 0.1) is 12.2 Å². The molecule has 9 heteroatoms. The van der Waals surface area contributed by atoms with Gasteiger partial charge in [0.25, 0.3) is 0 Å². The molecule has 0 saturated carbocycles. The van der Waals surface area contributed by atoms with Crippen LogP contribution in [-0.4, -0.2) is 57.1 Å². The molecule has 0 aliphatic carbocycles. The molecule has 0 unspecified atom stereocenters. The topological polar surface area (TPSA) is 69.7 Å². The molecule has 1 saturated heterocycles. The zero-order chi connectivity index (χ0) is 19.3. The lowest BCUT2D eigenvalue weighted by atomic mass is 10.2. The first kappa shape index (κ1) is 19.8. The second-order valence-electron chi connectivity index (χ2n) is 6.28. The van der Waals surface area contributed by atoms with Crippen LogP contribution in [0.5, 0.6) is 0 Å². The minimum Gasteiger partial charge on any atom is -0.369 e. The molecule has 1 aromatic heterocycles. The van der Waals surface area contributed by atoms with Crippen LogP contribution in [0.4, 0.5) is 10.1 Å². The van der Waals surface area contributed by atoms with Gasteiger partial charge in [-0.3, -0.25) is 4.79 Å². The first-order valence-corrected chi connectivity index (χ1v) is 11.2. The van der Waals surface area contributed by atoms with Gasteiger partial charge in [0.1, 0.15) is 5.82 Å². The average molecular weight is 412 g/mol. The lowest BCUT2D eigenvalue weighted by molar-refractivity contribution is -0.120. The predicted molar refractivity (Wildman–Crippen MR) is 105 cm³/mol. The minimum atomic E-state index is -3.42. The van der Waals surface area contributed by atoms with Gasteiger partial charge in [-0.15, -0.1) is 11.3 Å². The van der Waals surface area contributed by atoms with E-state index in [2.05, 4.69) is 5.32 Å². The van der Waals surface area contributed by atoms with Crippen LogP contribution in [0.15, 0.2) is 41.8 Å². The second-order valence-corrected chi connectivity index (χ2v) is 9.41. The number of hydrogen-bond donors (Lipinski definition) is 1. The average Bonchev–Trinajstić information content (AvgIpc) is 3.15. The lowest BCUT2D eigenvalue weighted by Gasteiger charge is -2.35. The van der Waals surface area contributed by atoms with E-state index in [1.807, 2.05) is 22.4 Å². The van der Waals surface area contributed by atoms with Gasteiger partial charge in [-0.05, 0) is 35.7 Å².